The summed E-state index contributed by atoms with van der Waals surface area (Å²) in [7, 11) is 0. The fraction of sp³-hybridized carbons (Fsp3) is 0.464. The molecule has 0 unspecified atom stereocenters. The van der Waals surface area contributed by atoms with E-state index in [-0.39, 0.29) is 0 Å². The van der Waals surface area contributed by atoms with Crippen molar-refractivity contribution in [3.05, 3.63) is 65.4 Å². The first-order valence-corrected chi connectivity index (χ1v) is 11.2. The van der Waals surface area contributed by atoms with Gasteiger partial charge in [0, 0.05) is 17.1 Å². The molecule has 29 heavy (non-hydrogen) atoms. The maximum Gasteiger partial charge on any atom is 0.0780 e. The number of rotatable bonds is 6. The molecule has 0 fully saturated rings. The van der Waals surface area contributed by atoms with Gasteiger partial charge in [0.15, 0.2) is 0 Å². The number of pyridine rings is 1. The zero-order chi connectivity index (χ0) is 21.3. The Kier molecular flexibility index (Phi) is 6.46. The molecule has 0 saturated heterocycles. The lowest BCUT2D eigenvalue weighted by Gasteiger charge is -2.26. The van der Waals surface area contributed by atoms with Crippen LogP contribution in [-0.2, 0) is 0 Å². The highest BCUT2D eigenvalue weighted by atomic mass is 14.7. The standard InChI is InChI=1S/C28H37N/c1-17(2)23-14-24(18(3)4)16-25(15-23)28-26-10-9-22(13-21(26)11-12-29-28)27(19(5)6)20(7)8/h9-20,27H,1-8H3. The Morgan fingerprint density at radius 2 is 1.21 bits per heavy atom. The van der Waals surface area contributed by atoms with Crippen LogP contribution in [0.15, 0.2) is 48.7 Å². The van der Waals surface area contributed by atoms with Crippen LogP contribution in [0.1, 0.15) is 89.8 Å². The van der Waals surface area contributed by atoms with Gasteiger partial charge in [0.1, 0.15) is 0 Å². The lowest BCUT2D eigenvalue weighted by Crippen LogP contribution is -2.13. The molecule has 0 radical (unpaired) electrons. The Labute approximate surface area is 177 Å². The molecule has 0 spiro atoms. The quantitative estimate of drug-likeness (QED) is 0.413. The van der Waals surface area contributed by atoms with E-state index in [0.717, 1.165) is 5.69 Å². The monoisotopic (exact) mass is 387 g/mol. The van der Waals surface area contributed by atoms with Crippen molar-refractivity contribution in [3.8, 4) is 11.3 Å². The van der Waals surface area contributed by atoms with Gasteiger partial charge in [-0.15, -0.1) is 0 Å². The minimum atomic E-state index is 0.506. The van der Waals surface area contributed by atoms with E-state index < -0.39 is 0 Å². The Balaban J connectivity index is 2.17. The van der Waals surface area contributed by atoms with Gasteiger partial charge < -0.3 is 0 Å². The summed E-state index contributed by atoms with van der Waals surface area (Å²) in [5, 5.41) is 2.54. The first-order valence-electron chi connectivity index (χ1n) is 11.2. The van der Waals surface area contributed by atoms with Crippen molar-refractivity contribution in [1.29, 1.82) is 0 Å². The summed E-state index contributed by atoms with van der Waals surface area (Å²) >= 11 is 0. The third kappa shape index (κ3) is 4.55. The van der Waals surface area contributed by atoms with Gasteiger partial charge in [0.05, 0.1) is 5.69 Å². The van der Waals surface area contributed by atoms with E-state index in [9.17, 15) is 0 Å². The van der Waals surface area contributed by atoms with Gasteiger partial charge >= 0.3 is 0 Å². The summed E-state index contributed by atoms with van der Waals surface area (Å²) in [6.45, 7) is 18.4. The van der Waals surface area contributed by atoms with Crippen molar-refractivity contribution in [2.24, 2.45) is 11.8 Å². The molecule has 1 heterocycles. The number of nitrogens with zero attached hydrogens (tertiary/aromatic N) is 1. The molecule has 0 atom stereocenters. The van der Waals surface area contributed by atoms with Crippen molar-refractivity contribution in [1.82, 2.24) is 4.98 Å². The molecule has 3 aromatic rings. The number of benzene rings is 2. The van der Waals surface area contributed by atoms with Gasteiger partial charge in [-0.05, 0) is 69.9 Å². The Morgan fingerprint density at radius 1 is 0.621 bits per heavy atom. The molecule has 1 heteroatoms. The Bertz CT molecular complexity index is 945. The van der Waals surface area contributed by atoms with Crippen LogP contribution in [0.5, 0.6) is 0 Å². The second-order valence-electron chi connectivity index (χ2n) is 9.85. The predicted octanol–water partition coefficient (Wildman–Crippen LogP) is 8.54. The molecule has 0 N–H and O–H groups in total. The van der Waals surface area contributed by atoms with Gasteiger partial charge in [-0.25, -0.2) is 0 Å². The number of hydrogen-bond acceptors (Lipinski definition) is 1. The lowest BCUT2D eigenvalue weighted by molar-refractivity contribution is 0.388. The molecular weight excluding hydrogens is 350 g/mol. The van der Waals surface area contributed by atoms with Crippen molar-refractivity contribution in [2.75, 3.05) is 0 Å². The van der Waals surface area contributed by atoms with E-state index in [2.05, 4.69) is 97.9 Å². The van der Waals surface area contributed by atoms with Crippen LogP contribution in [0.3, 0.4) is 0 Å². The molecule has 2 aromatic carbocycles. The van der Waals surface area contributed by atoms with Crippen LogP contribution in [0.2, 0.25) is 0 Å². The van der Waals surface area contributed by atoms with Crippen LogP contribution >= 0.6 is 0 Å². The van der Waals surface area contributed by atoms with Gasteiger partial charge in [-0.2, -0.15) is 0 Å². The van der Waals surface area contributed by atoms with Gasteiger partial charge in [0.2, 0.25) is 0 Å². The highest BCUT2D eigenvalue weighted by molar-refractivity contribution is 5.95. The minimum absolute atomic E-state index is 0.506. The second-order valence-corrected chi connectivity index (χ2v) is 9.85. The smallest absolute Gasteiger partial charge is 0.0780 e. The summed E-state index contributed by atoms with van der Waals surface area (Å²) in [5.41, 5.74) is 6.56. The first-order chi connectivity index (χ1) is 13.7. The predicted molar refractivity (Wildman–Crippen MR) is 128 cm³/mol. The summed E-state index contributed by atoms with van der Waals surface area (Å²) < 4.78 is 0. The number of fused-ring (bicyclic) bond motifs is 1. The lowest BCUT2D eigenvalue weighted by atomic mass is 9.79. The average Bonchev–Trinajstić information content (AvgIpc) is 2.66. The third-order valence-electron chi connectivity index (χ3n) is 6.19. The van der Waals surface area contributed by atoms with E-state index in [1.54, 1.807) is 0 Å². The molecule has 0 amide bonds. The fourth-order valence-corrected chi connectivity index (χ4v) is 4.65. The maximum atomic E-state index is 4.82. The molecule has 3 rings (SSSR count). The van der Waals surface area contributed by atoms with Crippen molar-refractivity contribution in [2.45, 2.75) is 73.1 Å². The summed E-state index contributed by atoms with van der Waals surface area (Å²) in [6, 6.07) is 16.2. The summed E-state index contributed by atoms with van der Waals surface area (Å²) in [4.78, 5) is 4.82. The molecule has 0 bridgehead atoms. The van der Waals surface area contributed by atoms with Gasteiger partial charge in [0.25, 0.3) is 0 Å². The van der Waals surface area contributed by atoms with E-state index in [4.69, 9.17) is 4.98 Å². The summed E-state index contributed by atoms with van der Waals surface area (Å²) in [5.74, 6) is 2.85. The maximum absolute atomic E-state index is 4.82. The molecule has 1 nitrogen and oxygen atoms in total. The SMILES string of the molecule is CC(C)c1cc(-c2nccc3cc(C(C(C)C)C(C)C)ccc23)cc(C(C)C)c1. The van der Waals surface area contributed by atoms with Crippen LogP contribution in [0.4, 0.5) is 0 Å². The number of aromatic nitrogens is 1. The Morgan fingerprint density at radius 3 is 1.72 bits per heavy atom. The zero-order valence-electron chi connectivity index (χ0n) is 19.5. The van der Waals surface area contributed by atoms with E-state index in [1.165, 1.54) is 33.0 Å². The third-order valence-corrected chi connectivity index (χ3v) is 6.19. The average molecular weight is 388 g/mol. The highest BCUT2D eigenvalue weighted by Crippen LogP contribution is 2.36. The molecule has 154 valence electrons. The summed E-state index contributed by atoms with van der Waals surface area (Å²) in [6.07, 6.45) is 1.97. The fourth-order valence-electron chi connectivity index (χ4n) is 4.65. The molecule has 1 aromatic heterocycles. The van der Waals surface area contributed by atoms with Crippen LogP contribution in [0.25, 0.3) is 22.0 Å². The van der Waals surface area contributed by atoms with Crippen molar-refractivity contribution < 1.29 is 0 Å². The van der Waals surface area contributed by atoms with E-state index in [1.807, 2.05) is 6.20 Å². The Hall–Kier alpha value is -2.15. The van der Waals surface area contributed by atoms with Gasteiger partial charge in [-0.3, -0.25) is 4.98 Å². The van der Waals surface area contributed by atoms with Gasteiger partial charge in [-0.1, -0.05) is 79.7 Å². The van der Waals surface area contributed by atoms with Crippen LogP contribution in [-0.4, -0.2) is 4.98 Å². The van der Waals surface area contributed by atoms with E-state index >= 15 is 0 Å². The van der Waals surface area contributed by atoms with Crippen molar-refractivity contribution >= 4 is 10.8 Å². The molecular formula is C28H37N. The first kappa shape index (κ1) is 21.6. The number of hydrogen-bond donors (Lipinski definition) is 0. The normalized spacial score (nSPS) is 12.3. The largest absolute Gasteiger partial charge is 0.256 e. The topological polar surface area (TPSA) is 12.9 Å². The van der Waals surface area contributed by atoms with Crippen LogP contribution < -0.4 is 0 Å². The zero-order valence-corrected chi connectivity index (χ0v) is 19.5. The van der Waals surface area contributed by atoms with Crippen molar-refractivity contribution in [3.63, 3.8) is 0 Å². The highest BCUT2D eigenvalue weighted by Gasteiger charge is 2.20. The van der Waals surface area contributed by atoms with Crippen LogP contribution in [0, 0.1) is 11.8 Å². The molecule has 0 saturated carbocycles. The minimum Gasteiger partial charge on any atom is -0.256 e. The molecule has 0 aliphatic carbocycles. The second kappa shape index (κ2) is 8.69. The molecule has 0 aliphatic rings. The molecule has 0 aliphatic heterocycles. The van der Waals surface area contributed by atoms with E-state index in [0.29, 0.717) is 29.6 Å².